The summed E-state index contributed by atoms with van der Waals surface area (Å²) < 4.78 is 0. The zero-order valence-corrected chi connectivity index (χ0v) is 6.75. The predicted octanol–water partition coefficient (Wildman–Crippen LogP) is 1.16. The lowest BCUT2D eigenvalue weighted by molar-refractivity contribution is 0.773. The van der Waals surface area contributed by atoms with Crippen LogP contribution in [-0.2, 0) is 6.42 Å². The van der Waals surface area contributed by atoms with E-state index in [-0.39, 0.29) is 6.17 Å². The highest BCUT2D eigenvalue weighted by molar-refractivity contribution is 5.23. The maximum absolute atomic E-state index is 5.48. The van der Waals surface area contributed by atoms with Crippen LogP contribution in [-0.4, -0.2) is 0 Å². The molecule has 0 aromatic heterocycles. The maximum Gasteiger partial charge on any atom is 0.0784 e. The fraction of sp³-hybridized carbons (Fsp3) is 0.333. The Bertz CT molecular complexity index is 214. The van der Waals surface area contributed by atoms with E-state index in [1.54, 1.807) is 0 Å². The summed E-state index contributed by atoms with van der Waals surface area (Å²) in [6.45, 7) is 2.12. The Morgan fingerprint density at radius 2 is 1.73 bits per heavy atom. The monoisotopic (exact) mass is 150 g/mol. The molecular formula is C9H14N2. The number of hydrogen-bond donors (Lipinski definition) is 2. The van der Waals surface area contributed by atoms with Crippen LogP contribution in [0.4, 0.5) is 0 Å². The van der Waals surface area contributed by atoms with Gasteiger partial charge in [0, 0.05) is 0 Å². The van der Waals surface area contributed by atoms with Crippen LogP contribution in [0.5, 0.6) is 0 Å². The lowest BCUT2D eigenvalue weighted by atomic mass is 10.1. The van der Waals surface area contributed by atoms with Crippen molar-refractivity contribution in [3.63, 3.8) is 0 Å². The van der Waals surface area contributed by atoms with Crippen LogP contribution in [0.15, 0.2) is 24.3 Å². The predicted molar refractivity (Wildman–Crippen MR) is 46.9 cm³/mol. The number of nitrogens with two attached hydrogens (primary N) is 2. The van der Waals surface area contributed by atoms with Gasteiger partial charge < -0.3 is 11.5 Å². The van der Waals surface area contributed by atoms with Gasteiger partial charge in [-0.15, -0.1) is 0 Å². The molecule has 11 heavy (non-hydrogen) atoms. The maximum atomic E-state index is 5.48. The van der Waals surface area contributed by atoms with E-state index in [9.17, 15) is 0 Å². The van der Waals surface area contributed by atoms with E-state index in [0.29, 0.717) is 0 Å². The Morgan fingerprint density at radius 1 is 1.18 bits per heavy atom. The summed E-state index contributed by atoms with van der Waals surface area (Å²) in [6.07, 6.45) is 0.709. The van der Waals surface area contributed by atoms with E-state index >= 15 is 0 Å². The van der Waals surface area contributed by atoms with Crippen molar-refractivity contribution in [3.8, 4) is 0 Å². The number of benzene rings is 1. The van der Waals surface area contributed by atoms with Crippen molar-refractivity contribution in [1.82, 2.24) is 0 Å². The molecule has 0 amide bonds. The molecule has 1 rings (SSSR count). The van der Waals surface area contributed by atoms with Gasteiger partial charge in [-0.2, -0.15) is 0 Å². The second kappa shape index (κ2) is 3.51. The second-order valence-corrected chi connectivity index (χ2v) is 2.62. The van der Waals surface area contributed by atoms with E-state index in [0.717, 1.165) is 12.0 Å². The largest absolute Gasteiger partial charge is 0.312 e. The van der Waals surface area contributed by atoms with Crippen LogP contribution in [0, 0.1) is 0 Å². The van der Waals surface area contributed by atoms with Crippen molar-refractivity contribution in [1.29, 1.82) is 0 Å². The first-order chi connectivity index (χ1) is 5.24. The lowest BCUT2D eigenvalue weighted by Crippen LogP contribution is -2.19. The summed E-state index contributed by atoms with van der Waals surface area (Å²) in [7, 11) is 0. The zero-order chi connectivity index (χ0) is 8.27. The minimum absolute atomic E-state index is 0.346. The van der Waals surface area contributed by atoms with Crippen LogP contribution in [0.25, 0.3) is 0 Å². The minimum Gasteiger partial charge on any atom is -0.312 e. The summed E-state index contributed by atoms with van der Waals surface area (Å²) in [5, 5.41) is 0. The van der Waals surface area contributed by atoms with Crippen LogP contribution in [0.2, 0.25) is 0 Å². The van der Waals surface area contributed by atoms with E-state index in [2.05, 4.69) is 19.1 Å². The zero-order valence-electron chi connectivity index (χ0n) is 6.75. The van der Waals surface area contributed by atoms with Crippen molar-refractivity contribution in [2.45, 2.75) is 19.5 Å². The Balaban J connectivity index is 2.83. The molecule has 0 saturated heterocycles. The fourth-order valence-corrected chi connectivity index (χ4v) is 0.976. The first kappa shape index (κ1) is 8.24. The molecule has 2 heteroatoms. The highest BCUT2D eigenvalue weighted by Gasteiger charge is 1.97. The molecule has 0 spiro atoms. The van der Waals surface area contributed by atoms with Crippen LogP contribution in [0.1, 0.15) is 24.2 Å². The van der Waals surface area contributed by atoms with Crippen LogP contribution < -0.4 is 11.5 Å². The van der Waals surface area contributed by atoms with Gasteiger partial charge in [0.15, 0.2) is 0 Å². The van der Waals surface area contributed by atoms with Crippen LogP contribution >= 0.6 is 0 Å². The van der Waals surface area contributed by atoms with Gasteiger partial charge in [-0.1, -0.05) is 31.2 Å². The average molecular weight is 150 g/mol. The van der Waals surface area contributed by atoms with Crippen molar-refractivity contribution < 1.29 is 0 Å². The van der Waals surface area contributed by atoms with Gasteiger partial charge in [-0.25, -0.2) is 0 Å². The molecule has 0 aliphatic carbocycles. The van der Waals surface area contributed by atoms with E-state index in [4.69, 9.17) is 11.5 Å². The van der Waals surface area contributed by atoms with E-state index in [1.807, 2.05) is 12.1 Å². The molecule has 60 valence electrons. The Morgan fingerprint density at radius 3 is 2.09 bits per heavy atom. The molecule has 4 N–H and O–H groups in total. The van der Waals surface area contributed by atoms with Gasteiger partial charge in [0.25, 0.3) is 0 Å². The first-order valence-electron chi connectivity index (χ1n) is 3.84. The van der Waals surface area contributed by atoms with Gasteiger partial charge in [0.05, 0.1) is 6.17 Å². The number of rotatable bonds is 2. The van der Waals surface area contributed by atoms with Crippen molar-refractivity contribution in [2.75, 3.05) is 0 Å². The van der Waals surface area contributed by atoms with E-state index < -0.39 is 0 Å². The Kier molecular flexibility index (Phi) is 2.63. The third kappa shape index (κ3) is 2.03. The molecule has 2 nitrogen and oxygen atoms in total. The van der Waals surface area contributed by atoms with Crippen molar-refractivity contribution >= 4 is 0 Å². The molecule has 0 radical (unpaired) electrons. The SMILES string of the molecule is CCc1ccc(C(N)N)cc1. The van der Waals surface area contributed by atoms with Crippen molar-refractivity contribution in [3.05, 3.63) is 35.4 Å². The fourth-order valence-electron chi connectivity index (χ4n) is 0.976. The summed E-state index contributed by atoms with van der Waals surface area (Å²) >= 11 is 0. The number of aryl methyl sites for hydroxylation is 1. The standard InChI is InChI=1S/C9H14N2/c1-2-7-3-5-8(6-4-7)9(10)11/h3-6,9H,2,10-11H2,1H3. The molecule has 0 saturated carbocycles. The normalized spacial score (nSPS) is 10.5. The molecular weight excluding hydrogens is 136 g/mol. The Hall–Kier alpha value is -0.860. The topological polar surface area (TPSA) is 52.0 Å². The molecule has 0 fully saturated rings. The summed E-state index contributed by atoms with van der Waals surface area (Å²) in [5.74, 6) is 0. The molecule has 0 aliphatic rings. The minimum atomic E-state index is -0.346. The van der Waals surface area contributed by atoms with Gasteiger partial charge >= 0.3 is 0 Å². The molecule has 1 aromatic rings. The first-order valence-corrected chi connectivity index (χ1v) is 3.84. The summed E-state index contributed by atoms with van der Waals surface area (Å²) in [4.78, 5) is 0. The quantitative estimate of drug-likeness (QED) is 0.622. The van der Waals surface area contributed by atoms with E-state index in [1.165, 1.54) is 5.56 Å². The molecule has 0 heterocycles. The van der Waals surface area contributed by atoms with Crippen LogP contribution in [0.3, 0.4) is 0 Å². The Labute approximate surface area is 67.2 Å². The lowest BCUT2D eigenvalue weighted by Gasteiger charge is -2.05. The number of hydrogen-bond acceptors (Lipinski definition) is 2. The smallest absolute Gasteiger partial charge is 0.0784 e. The third-order valence-corrected chi connectivity index (χ3v) is 1.77. The summed E-state index contributed by atoms with van der Waals surface area (Å²) in [5.41, 5.74) is 13.3. The summed E-state index contributed by atoms with van der Waals surface area (Å²) in [6, 6.07) is 8.07. The highest BCUT2D eigenvalue weighted by Crippen LogP contribution is 2.07. The average Bonchev–Trinajstić information content (AvgIpc) is 2.05. The van der Waals surface area contributed by atoms with Gasteiger partial charge in [-0.05, 0) is 17.5 Å². The molecule has 0 atom stereocenters. The van der Waals surface area contributed by atoms with Gasteiger partial charge in [0.1, 0.15) is 0 Å². The van der Waals surface area contributed by atoms with Gasteiger partial charge in [-0.3, -0.25) is 0 Å². The van der Waals surface area contributed by atoms with Crippen molar-refractivity contribution in [2.24, 2.45) is 11.5 Å². The second-order valence-electron chi connectivity index (χ2n) is 2.62. The highest BCUT2D eigenvalue weighted by atomic mass is 14.8. The third-order valence-electron chi connectivity index (χ3n) is 1.77. The molecule has 0 bridgehead atoms. The molecule has 1 aromatic carbocycles. The molecule has 0 unspecified atom stereocenters. The van der Waals surface area contributed by atoms with Gasteiger partial charge in [0.2, 0.25) is 0 Å². The molecule has 0 aliphatic heterocycles.